The van der Waals surface area contributed by atoms with Crippen molar-refractivity contribution >= 4 is 11.8 Å². The lowest BCUT2D eigenvalue weighted by Crippen LogP contribution is -2.42. The molecular formula is C11H18N4O4. The topological polar surface area (TPSA) is 118 Å². The predicted molar refractivity (Wildman–Crippen MR) is 65.0 cm³/mol. The van der Waals surface area contributed by atoms with Gasteiger partial charge in [0.15, 0.2) is 0 Å². The van der Waals surface area contributed by atoms with E-state index in [0.29, 0.717) is 26.3 Å². The molecule has 2 unspecified atom stereocenters. The van der Waals surface area contributed by atoms with Crippen LogP contribution in [0.5, 0.6) is 0 Å². The monoisotopic (exact) mass is 270 g/mol. The van der Waals surface area contributed by atoms with Crippen molar-refractivity contribution < 1.29 is 19.1 Å². The summed E-state index contributed by atoms with van der Waals surface area (Å²) < 4.78 is 9.94. The molecule has 0 saturated carbocycles. The molecule has 2 aliphatic rings. The maximum Gasteiger partial charge on any atom is 0.263 e. The molecule has 2 heterocycles. The number of rotatable bonds is 6. The molecule has 2 fully saturated rings. The van der Waals surface area contributed by atoms with Crippen LogP contribution in [-0.2, 0) is 19.1 Å². The fourth-order valence-corrected chi connectivity index (χ4v) is 1.51. The SMILES string of the molecule is C/C(=C/C(=O)N(N)CC1CO1)C(=O)N(N)CC1CO1. The molecule has 2 aliphatic heterocycles. The Balaban J connectivity index is 1.84. The van der Waals surface area contributed by atoms with Gasteiger partial charge in [-0.1, -0.05) is 0 Å². The Kier molecular flexibility index (Phi) is 4.15. The van der Waals surface area contributed by atoms with E-state index in [4.69, 9.17) is 21.2 Å². The van der Waals surface area contributed by atoms with Crippen molar-refractivity contribution in [1.29, 1.82) is 0 Å². The van der Waals surface area contributed by atoms with E-state index in [1.807, 2.05) is 0 Å². The van der Waals surface area contributed by atoms with Gasteiger partial charge in [0.05, 0.1) is 26.3 Å². The Morgan fingerprint density at radius 3 is 2.11 bits per heavy atom. The van der Waals surface area contributed by atoms with Gasteiger partial charge in [-0.15, -0.1) is 0 Å². The minimum absolute atomic E-state index is 0.00970. The summed E-state index contributed by atoms with van der Waals surface area (Å²) in [6.07, 6.45) is 1.20. The summed E-state index contributed by atoms with van der Waals surface area (Å²) in [5.74, 6) is 10.3. The molecule has 8 nitrogen and oxygen atoms in total. The maximum atomic E-state index is 11.8. The van der Waals surface area contributed by atoms with Crippen molar-refractivity contribution in [3.63, 3.8) is 0 Å². The van der Waals surface area contributed by atoms with Crippen molar-refractivity contribution in [2.75, 3.05) is 26.3 Å². The second-order valence-electron chi connectivity index (χ2n) is 4.69. The van der Waals surface area contributed by atoms with Crippen molar-refractivity contribution in [2.24, 2.45) is 11.7 Å². The Morgan fingerprint density at radius 2 is 1.63 bits per heavy atom. The van der Waals surface area contributed by atoms with Gasteiger partial charge < -0.3 is 9.47 Å². The van der Waals surface area contributed by atoms with Gasteiger partial charge in [-0.05, 0) is 6.92 Å². The first-order valence-electron chi connectivity index (χ1n) is 6.01. The Labute approximate surface area is 110 Å². The molecule has 4 N–H and O–H groups in total. The molecular weight excluding hydrogens is 252 g/mol. The number of carbonyl (C=O) groups excluding carboxylic acids is 2. The summed E-state index contributed by atoms with van der Waals surface area (Å²) in [5.41, 5.74) is 0.236. The van der Waals surface area contributed by atoms with Crippen molar-refractivity contribution in [3.05, 3.63) is 11.6 Å². The fraction of sp³-hybridized carbons (Fsp3) is 0.636. The number of hydrazine groups is 2. The van der Waals surface area contributed by atoms with E-state index in [1.54, 1.807) is 0 Å². The highest BCUT2D eigenvalue weighted by molar-refractivity contribution is 6.00. The Bertz CT molecular complexity index is 403. The number of hydrogen-bond donors (Lipinski definition) is 2. The summed E-state index contributed by atoms with van der Waals surface area (Å²) in [7, 11) is 0. The van der Waals surface area contributed by atoms with Crippen LogP contribution < -0.4 is 11.7 Å². The molecule has 0 aromatic heterocycles. The smallest absolute Gasteiger partial charge is 0.263 e. The summed E-state index contributed by atoms with van der Waals surface area (Å²) >= 11 is 0. The maximum absolute atomic E-state index is 11.8. The number of amides is 2. The third-order valence-corrected chi connectivity index (χ3v) is 2.83. The molecule has 106 valence electrons. The van der Waals surface area contributed by atoms with Crippen LogP contribution in [0.4, 0.5) is 0 Å². The van der Waals surface area contributed by atoms with E-state index in [1.165, 1.54) is 13.0 Å². The highest BCUT2D eigenvalue weighted by atomic mass is 16.6. The van der Waals surface area contributed by atoms with Crippen LogP contribution >= 0.6 is 0 Å². The first-order chi connectivity index (χ1) is 8.97. The number of ether oxygens (including phenoxy) is 2. The van der Waals surface area contributed by atoms with Gasteiger partial charge in [-0.2, -0.15) is 0 Å². The van der Waals surface area contributed by atoms with Crippen LogP contribution in [0.25, 0.3) is 0 Å². The molecule has 2 amide bonds. The third kappa shape index (κ3) is 4.28. The molecule has 0 spiro atoms. The van der Waals surface area contributed by atoms with Crippen LogP contribution in [0.15, 0.2) is 11.6 Å². The molecule has 0 bridgehead atoms. The second kappa shape index (κ2) is 5.66. The van der Waals surface area contributed by atoms with E-state index in [2.05, 4.69) is 0 Å². The van der Waals surface area contributed by atoms with Gasteiger partial charge in [0, 0.05) is 11.6 Å². The van der Waals surface area contributed by atoms with E-state index in [-0.39, 0.29) is 17.8 Å². The predicted octanol–water partition coefficient (Wildman–Crippen LogP) is -1.87. The van der Waals surface area contributed by atoms with Gasteiger partial charge in [0.25, 0.3) is 11.8 Å². The average molecular weight is 270 g/mol. The molecule has 8 heteroatoms. The molecule has 2 atom stereocenters. The van der Waals surface area contributed by atoms with Crippen molar-refractivity contribution in [1.82, 2.24) is 10.0 Å². The summed E-state index contributed by atoms with van der Waals surface area (Å²) in [6.45, 7) is 3.38. The zero-order valence-corrected chi connectivity index (χ0v) is 10.7. The van der Waals surface area contributed by atoms with Crippen molar-refractivity contribution in [3.8, 4) is 0 Å². The normalized spacial score (nSPS) is 24.9. The van der Waals surface area contributed by atoms with Gasteiger partial charge in [-0.25, -0.2) is 11.7 Å². The Morgan fingerprint density at radius 1 is 1.16 bits per heavy atom. The summed E-state index contributed by atoms with van der Waals surface area (Å²) in [4.78, 5) is 23.6. The van der Waals surface area contributed by atoms with Crippen LogP contribution in [0, 0.1) is 0 Å². The van der Waals surface area contributed by atoms with Gasteiger partial charge in [-0.3, -0.25) is 19.6 Å². The van der Waals surface area contributed by atoms with Crippen LogP contribution in [0.3, 0.4) is 0 Å². The number of nitrogens with two attached hydrogens (primary N) is 2. The second-order valence-corrected chi connectivity index (χ2v) is 4.69. The summed E-state index contributed by atoms with van der Waals surface area (Å²) in [5, 5.41) is 2.07. The lowest BCUT2D eigenvalue weighted by molar-refractivity contribution is -0.129. The lowest BCUT2D eigenvalue weighted by Gasteiger charge is -2.17. The largest absolute Gasteiger partial charge is 0.371 e. The molecule has 0 aliphatic carbocycles. The van der Waals surface area contributed by atoms with Gasteiger partial charge in [0.2, 0.25) is 0 Å². The average Bonchev–Trinajstić information content (AvgIpc) is 3.23. The van der Waals surface area contributed by atoms with E-state index >= 15 is 0 Å². The number of epoxide rings is 2. The van der Waals surface area contributed by atoms with Crippen LogP contribution in [0.2, 0.25) is 0 Å². The fourth-order valence-electron chi connectivity index (χ4n) is 1.51. The number of carbonyl (C=O) groups is 2. The van der Waals surface area contributed by atoms with E-state index in [9.17, 15) is 9.59 Å². The van der Waals surface area contributed by atoms with Gasteiger partial charge in [0.1, 0.15) is 12.2 Å². The minimum atomic E-state index is -0.447. The lowest BCUT2D eigenvalue weighted by atomic mass is 10.2. The number of hydrogen-bond acceptors (Lipinski definition) is 6. The van der Waals surface area contributed by atoms with Gasteiger partial charge >= 0.3 is 0 Å². The molecule has 0 aromatic carbocycles. The zero-order chi connectivity index (χ0) is 14.0. The number of nitrogens with zero attached hydrogens (tertiary/aromatic N) is 2. The Hall–Kier alpha value is -1.48. The third-order valence-electron chi connectivity index (χ3n) is 2.83. The van der Waals surface area contributed by atoms with Crippen molar-refractivity contribution in [2.45, 2.75) is 19.1 Å². The van der Waals surface area contributed by atoms with E-state index in [0.717, 1.165) is 10.0 Å². The molecule has 0 aromatic rings. The highest BCUT2D eigenvalue weighted by Gasteiger charge is 2.28. The highest BCUT2D eigenvalue weighted by Crippen LogP contribution is 2.11. The molecule has 0 radical (unpaired) electrons. The molecule has 2 saturated heterocycles. The standard InChI is InChI=1S/C11H18N4O4/c1-7(11(17)15(13)4-9-6-19-9)2-10(16)14(12)3-8-5-18-8/h2,8-9H,3-6,12-13H2,1H3/b7-2-. The summed E-state index contributed by atoms with van der Waals surface area (Å²) in [6, 6.07) is 0. The van der Waals surface area contributed by atoms with Crippen LogP contribution in [0.1, 0.15) is 6.92 Å². The molecule has 2 rings (SSSR count). The quantitative estimate of drug-likeness (QED) is 0.192. The van der Waals surface area contributed by atoms with E-state index < -0.39 is 11.8 Å². The first-order valence-corrected chi connectivity index (χ1v) is 6.01. The molecule has 19 heavy (non-hydrogen) atoms. The van der Waals surface area contributed by atoms with Crippen LogP contribution in [-0.4, -0.2) is 60.3 Å². The minimum Gasteiger partial charge on any atom is -0.371 e. The first kappa shape index (κ1) is 13.9. The zero-order valence-electron chi connectivity index (χ0n) is 10.7.